The fraction of sp³-hybridized carbons (Fsp3) is 0.909. The number of hydrogen-bond acceptors (Lipinski definition) is 1. The highest BCUT2D eigenvalue weighted by Gasteiger charge is 2.74. The topological polar surface area (TPSA) is 37.3 Å². The molecule has 0 bridgehead atoms. The van der Waals surface area contributed by atoms with E-state index in [0.717, 1.165) is 12.3 Å². The van der Waals surface area contributed by atoms with Crippen LogP contribution in [0.15, 0.2) is 0 Å². The zero-order chi connectivity index (χ0) is 9.27. The van der Waals surface area contributed by atoms with Crippen LogP contribution in [-0.2, 0) is 4.79 Å². The molecule has 0 heterocycles. The standard InChI is InChI=1S/C11H16O2/c1-10-4-5-11(10)7(6-10)2-3-8(11)9(12)13/h7-8H,2-6H2,1H3,(H,12,13)/t7-,8-,10-,11+/m1/s1. The SMILES string of the molecule is C[C@]12CC[C@@]13[C@H](CC[C@@H]3C(=O)O)C2. The van der Waals surface area contributed by atoms with Crippen molar-refractivity contribution in [1.82, 2.24) is 0 Å². The van der Waals surface area contributed by atoms with Crippen LogP contribution < -0.4 is 0 Å². The maximum atomic E-state index is 11.1. The molecule has 0 aliphatic heterocycles. The fourth-order valence-electron chi connectivity index (χ4n) is 4.63. The lowest BCUT2D eigenvalue weighted by Crippen LogP contribution is -2.65. The maximum Gasteiger partial charge on any atom is 0.307 e. The van der Waals surface area contributed by atoms with E-state index in [1.54, 1.807) is 0 Å². The Morgan fingerprint density at radius 2 is 2.15 bits per heavy atom. The molecule has 3 rings (SSSR count). The Kier molecular flexibility index (Phi) is 1.17. The molecule has 2 nitrogen and oxygen atoms in total. The van der Waals surface area contributed by atoms with Crippen molar-refractivity contribution >= 4 is 5.97 Å². The van der Waals surface area contributed by atoms with Crippen LogP contribution in [0.2, 0.25) is 0 Å². The minimum Gasteiger partial charge on any atom is -0.481 e. The Morgan fingerprint density at radius 3 is 2.54 bits per heavy atom. The van der Waals surface area contributed by atoms with Gasteiger partial charge in [-0.2, -0.15) is 0 Å². The molecule has 1 N–H and O–H groups in total. The second-order valence-electron chi connectivity index (χ2n) is 5.47. The number of carboxylic acid groups (broad SMARTS) is 1. The van der Waals surface area contributed by atoms with Crippen LogP contribution in [0.3, 0.4) is 0 Å². The first kappa shape index (κ1) is 7.84. The quantitative estimate of drug-likeness (QED) is 0.672. The van der Waals surface area contributed by atoms with Crippen molar-refractivity contribution in [1.29, 1.82) is 0 Å². The first-order valence-corrected chi connectivity index (χ1v) is 5.33. The van der Waals surface area contributed by atoms with Crippen LogP contribution in [0.4, 0.5) is 0 Å². The molecule has 13 heavy (non-hydrogen) atoms. The Morgan fingerprint density at radius 1 is 1.38 bits per heavy atom. The second kappa shape index (κ2) is 1.94. The highest BCUT2D eigenvalue weighted by molar-refractivity contribution is 5.72. The second-order valence-corrected chi connectivity index (χ2v) is 5.47. The van der Waals surface area contributed by atoms with Gasteiger partial charge >= 0.3 is 5.97 Å². The molecule has 3 aliphatic carbocycles. The third-order valence-corrected chi connectivity index (χ3v) is 5.36. The smallest absolute Gasteiger partial charge is 0.307 e. The Hall–Kier alpha value is -0.530. The number of carboxylic acids is 1. The van der Waals surface area contributed by atoms with Gasteiger partial charge in [-0.25, -0.2) is 0 Å². The van der Waals surface area contributed by atoms with E-state index in [0.29, 0.717) is 5.41 Å². The molecule has 0 aromatic carbocycles. The number of carbonyl (C=O) groups is 1. The van der Waals surface area contributed by atoms with Gasteiger partial charge < -0.3 is 5.11 Å². The van der Waals surface area contributed by atoms with Gasteiger partial charge in [-0.3, -0.25) is 4.79 Å². The van der Waals surface area contributed by atoms with Crippen molar-refractivity contribution in [3.63, 3.8) is 0 Å². The summed E-state index contributed by atoms with van der Waals surface area (Å²) in [5.74, 6) is 0.213. The monoisotopic (exact) mass is 180 g/mol. The minimum absolute atomic E-state index is 0.00926. The van der Waals surface area contributed by atoms with Gasteiger partial charge in [-0.1, -0.05) is 6.92 Å². The molecule has 0 saturated heterocycles. The molecular formula is C11H16O2. The van der Waals surface area contributed by atoms with Gasteiger partial charge in [0, 0.05) is 0 Å². The number of rotatable bonds is 1. The van der Waals surface area contributed by atoms with Crippen molar-refractivity contribution in [2.24, 2.45) is 22.7 Å². The summed E-state index contributed by atoms with van der Waals surface area (Å²) in [4.78, 5) is 11.1. The van der Waals surface area contributed by atoms with Gasteiger partial charge in [0.15, 0.2) is 0 Å². The summed E-state index contributed by atoms with van der Waals surface area (Å²) >= 11 is 0. The van der Waals surface area contributed by atoms with E-state index >= 15 is 0 Å². The summed E-state index contributed by atoms with van der Waals surface area (Å²) in [5.41, 5.74) is 0.663. The highest BCUT2D eigenvalue weighted by Crippen LogP contribution is 2.80. The molecular weight excluding hydrogens is 164 g/mol. The molecule has 1 spiro atoms. The van der Waals surface area contributed by atoms with Gasteiger partial charge in [0.05, 0.1) is 5.92 Å². The lowest BCUT2D eigenvalue weighted by Gasteiger charge is -2.71. The van der Waals surface area contributed by atoms with Crippen molar-refractivity contribution in [3.05, 3.63) is 0 Å². The lowest BCUT2D eigenvalue weighted by atomic mass is 9.33. The summed E-state index contributed by atoms with van der Waals surface area (Å²) in [7, 11) is 0. The Balaban J connectivity index is 1.98. The minimum atomic E-state index is -0.534. The van der Waals surface area contributed by atoms with E-state index in [9.17, 15) is 4.79 Å². The summed E-state index contributed by atoms with van der Waals surface area (Å²) in [5, 5.41) is 9.17. The molecule has 4 atom stereocenters. The van der Waals surface area contributed by atoms with Crippen molar-refractivity contribution in [2.75, 3.05) is 0 Å². The van der Waals surface area contributed by atoms with E-state index < -0.39 is 5.97 Å². The van der Waals surface area contributed by atoms with Crippen LogP contribution >= 0.6 is 0 Å². The van der Waals surface area contributed by atoms with Crippen molar-refractivity contribution < 1.29 is 9.90 Å². The predicted molar refractivity (Wildman–Crippen MR) is 48.2 cm³/mol. The molecule has 72 valence electrons. The average molecular weight is 180 g/mol. The summed E-state index contributed by atoms with van der Waals surface area (Å²) < 4.78 is 0. The molecule has 2 heteroatoms. The average Bonchev–Trinajstić information content (AvgIpc) is 2.42. The molecule has 0 unspecified atom stereocenters. The number of hydrogen-bond donors (Lipinski definition) is 1. The lowest BCUT2D eigenvalue weighted by molar-refractivity contribution is -0.231. The first-order chi connectivity index (χ1) is 6.10. The summed E-state index contributed by atoms with van der Waals surface area (Å²) in [6.45, 7) is 2.30. The predicted octanol–water partition coefficient (Wildman–Crippen LogP) is 2.29. The third kappa shape index (κ3) is 0.598. The first-order valence-electron chi connectivity index (χ1n) is 5.33. The normalized spacial score (nSPS) is 57.3. The maximum absolute atomic E-state index is 11.1. The fourth-order valence-corrected chi connectivity index (χ4v) is 4.63. The van der Waals surface area contributed by atoms with Gasteiger partial charge in [0.2, 0.25) is 0 Å². The van der Waals surface area contributed by atoms with Crippen LogP contribution in [0.1, 0.15) is 39.0 Å². The van der Waals surface area contributed by atoms with E-state index in [-0.39, 0.29) is 11.3 Å². The van der Waals surface area contributed by atoms with Crippen LogP contribution in [-0.4, -0.2) is 11.1 Å². The van der Waals surface area contributed by atoms with Gasteiger partial charge in [0.1, 0.15) is 0 Å². The van der Waals surface area contributed by atoms with Crippen LogP contribution in [0, 0.1) is 22.7 Å². The molecule has 0 aromatic heterocycles. The highest BCUT2D eigenvalue weighted by atomic mass is 16.4. The summed E-state index contributed by atoms with van der Waals surface area (Å²) in [6.07, 6.45) is 5.87. The van der Waals surface area contributed by atoms with E-state index in [4.69, 9.17) is 5.11 Å². The third-order valence-electron chi connectivity index (χ3n) is 5.36. The van der Waals surface area contributed by atoms with E-state index in [1.165, 1.54) is 25.7 Å². The molecule has 3 aliphatic rings. The molecule has 3 fully saturated rings. The molecule has 0 radical (unpaired) electrons. The Labute approximate surface area is 78.3 Å². The zero-order valence-electron chi connectivity index (χ0n) is 8.05. The van der Waals surface area contributed by atoms with Gasteiger partial charge in [0.25, 0.3) is 0 Å². The molecule has 3 saturated carbocycles. The van der Waals surface area contributed by atoms with Gasteiger partial charge in [-0.15, -0.1) is 0 Å². The van der Waals surface area contributed by atoms with Crippen molar-refractivity contribution in [2.45, 2.75) is 39.0 Å². The molecule has 0 aromatic rings. The van der Waals surface area contributed by atoms with Crippen LogP contribution in [0.5, 0.6) is 0 Å². The summed E-state index contributed by atoms with van der Waals surface area (Å²) in [6, 6.07) is 0. The van der Waals surface area contributed by atoms with E-state index in [2.05, 4.69) is 6.92 Å². The largest absolute Gasteiger partial charge is 0.481 e. The Bertz CT molecular complexity index is 286. The number of aliphatic carboxylic acids is 1. The molecule has 0 amide bonds. The zero-order valence-corrected chi connectivity index (χ0v) is 8.05. The van der Waals surface area contributed by atoms with E-state index in [1.807, 2.05) is 0 Å². The van der Waals surface area contributed by atoms with Crippen LogP contribution in [0.25, 0.3) is 0 Å². The van der Waals surface area contributed by atoms with Crippen molar-refractivity contribution in [3.8, 4) is 0 Å². The van der Waals surface area contributed by atoms with Gasteiger partial charge in [-0.05, 0) is 48.9 Å².